The summed E-state index contributed by atoms with van der Waals surface area (Å²) in [4.78, 5) is 11.7. The fourth-order valence-electron chi connectivity index (χ4n) is 2.39. The minimum absolute atomic E-state index is 0.0116. The molecule has 0 saturated heterocycles. The molecule has 2 amide bonds. The van der Waals surface area contributed by atoms with Crippen molar-refractivity contribution in [3.05, 3.63) is 65.7 Å². The lowest BCUT2D eigenvalue weighted by Crippen LogP contribution is -2.38. The highest BCUT2D eigenvalue weighted by Crippen LogP contribution is 2.26. The molecule has 122 valence electrons. The summed E-state index contributed by atoms with van der Waals surface area (Å²) in [5, 5.41) is 5.26. The number of ether oxygens (including phenoxy) is 1. The van der Waals surface area contributed by atoms with Gasteiger partial charge in [-0.05, 0) is 23.3 Å². The van der Waals surface area contributed by atoms with Crippen molar-refractivity contribution < 1.29 is 13.9 Å². The van der Waals surface area contributed by atoms with Gasteiger partial charge in [0.25, 0.3) is 0 Å². The zero-order chi connectivity index (χ0) is 16.5. The zero-order valence-corrected chi connectivity index (χ0v) is 13.1. The number of methoxy groups -OCH3 is 1. The molecule has 1 atom stereocenters. The first-order chi connectivity index (χ1) is 11.2. The molecule has 0 aliphatic carbocycles. The molecule has 0 spiro atoms. The average Bonchev–Trinajstić information content (AvgIpc) is 2.61. The van der Waals surface area contributed by atoms with Gasteiger partial charge < -0.3 is 15.4 Å². The lowest BCUT2D eigenvalue weighted by molar-refractivity contribution is 0.239. The van der Waals surface area contributed by atoms with E-state index in [2.05, 4.69) is 10.6 Å². The molecular formula is C18H21FN2O2. The highest BCUT2D eigenvalue weighted by molar-refractivity contribution is 5.73. The molecule has 0 aliphatic heterocycles. The zero-order valence-electron chi connectivity index (χ0n) is 13.1. The van der Waals surface area contributed by atoms with Crippen molar-refractivity contribution in [3.8, 4) is 5.75 Å². The lowest BCUT2D eigenvalue weighted by atomic mass is 9.91. The van der Waals surface area contributed by atoms with Crippen LogP contribution < -0.4 is 15.4 Å². The van der Waals surface area contributed by atoms with Gasteiger partial charge in [-0.15, -0.1) is 0 Å². The monoisotopic (exact) mass is 316 g/mol. The minimum Gasteiger partial charge on any atom is -0.497 e. The normalized spacial score (nSPS) is 11.6. The van der Waals surface area contributed by atoms with Gasteiger partial charge in [0.1, 0.15) is 12.4 Å². The summed E-state index contributed by atoms with van der Waals surface area (Å²) in [5.74, 6) is 0.757. The van der Waals surface area contributed by atoms with E-state index in [-0.39, 0.29) is 18.5 Å². The van der Waals surface area contributed by atoms with Crippen molar-refractivity contribution in [2.24, 2.45) is 0 Å². The topological polar surface area (TPSA) is 50.4 Å². The van der Waals surface area contributed by atoms with Gasteiger partial charge in [-0.2, -0.15) is 0 Å². The third-order valence-corrected chi connectivity index (χ3v) is 3.54. The van der Waals surface area contributed by atoms with E-state index < -0.39 is 6.67 Å². The molecule has 0 fully saturated rings. The van der Waals surface area contributed by atoms with Crippen molar-refractivity contribution in [1.82, 2.24) is 10.6 Å². The molecule has 0 radical (unpaired) electrons. The Morgan fingerprint density at radius 3 is 2.52 bits per heavy atom. The summed E-state index contributed by atoms with van der Waals surface area (Å²) in [6, 6.07) is 17.3. The molecule has 0 aromatic heterocycles. The molecule has 0 bridgehead atoms. The van der Waals surface area contributed by atoms with E-state index in [1.807, 2.05) is 54.6 Å². The van der Waals surface area contributed by atoms with E-state index in [9.17, 15) is 9.18 Å². The molecule has 2 aromatic carbocycles. The Morgan fingerprint density at radius 2 is 1.83 bits per heavy atom. The van der Waals surface area contributed by atoms with Crippen LogP contribution in [0.25, 0.3) is 0 Å². The summed E-state index contributed by atoms with van der Waals surface area (Å²) in [5.41, 5.74) is 2.13. The van der Waals surface area contributed by atoms with E-state index >= 15 is 0 Å². The number of halogens is 1. The van der Waals surface area contributed by atoms with E-state index in [1.165, 1.54) is 0 Å². The van der Waals surface area contributed by atoms with Crippen molar-refractivity contribution >= 4 is 6.03 Å². The fraction of sp³-hybridized carbons (Fsp3) is 0.278. The first kappa shape index (κ1) is 16.8. The molecule has 1 unspecified atom stereocenters. The fourth-order valence-corrected chi connectivity index (χ4v) is 2.39. The summed E-state index contributed by atoms with van der Waals surface area (Å²) in [6.45, 7) is -0.151. The SMILES string of the molecule is COc1cccc(C(CNC(=O)NCCF)c2ccccc2)c1. The Kier molecular flexibility index (Phi) is 6.41. The van der Waals surface area contributed by atoms with Crippen molar-refractivity contribution in [2.45, 2.75) is 5.92 Å². The standard InChI is InChI=1S/C18H21FN2O2/c1-23-16-9-5-8-15(12-16)17(14-6-3-2-4-7-14)13-21-18(22)20-11-10-19/h2-9,12,17H,10-11,13H2,1H3,(H2,20,21,22). The summed E-state index contributed by atoms with van der Waals surface area (Å²) >= 11 is 0. The van der Waals surface area contributed by atoms with E-state index in [4.69, 9.17) is 4.74 Å². The Morgan fingerprint density at radius 1 is 1.09 bits per heavy atom. The molecule has 2 rings (SSSR count). The third-order valence-electron chi connectivity index (χ3n) is 3.54. The molecule has 0 aliphatic rings. The predicted molar refractivity (Wildman–Crippen MR) is 88.7 cm³/mol. The number of amides is 2. The molecule has 0 saturated carbocycles. The molecule has 2 N–H and O–H groups in total. The Hall–Kier alpha value is -2.56. The molecule has 4 nitrogen and oxygen atoms in total. The second kappa shape index (κ2) is 8.78. The van der Waals surface area contributed by atoms with Crippen molar-refractivity contribution in [3.63, 3.8) is 0 Å². The first-order valence-corrected chi connectivity index (χ1v) is 7.51. The van der Waals surface area contributed by atoms with Crippen LogP contribution >= 0.6 is 0 Å². The molecular weight excluding hydrogens is 295 g/mol. The quantitative estimate of drug-likeness (QED) is 0.825. The third kappa shape index (κ3) is 4.98. The van der Waals surface area contributed by atoms with Gasteiger partial charge >= 0.3 is 6.03 Å². The maximum absolute atomic E-state index is 12.1. The smallest absolute Gasteiger partial charge is 0.314 e. The molecule has 2 aromatic rings. The predicted octanol–water partition coefficient (Wildman–Crippen LogP) is 3.10. The van der Waals surface area contributed by atoms with Crippen molar-refractivity contribution in [2.75, 3.05) is 26.9 Å². The summed E-state index contributed by atoms with van der Waals surface area (Å²) < 4.78 is 17.4. The largest absolute Gasteiger partial charge is 0.497 e. The number of rotatable bonds is 7. The van der Waals surface area contributed by atoms with Gasteiger partial charge in [0.2, 0.25) is 0 Å². The van der Waals surface area contributed by atoms with Crippen LogP contribution in [0.1, 0.15) is 17.0 Å². The first-order valence-electron chi connectivity index (χ1n) is 7.51. The van der Waals surface area contributed by atoms with E-state index in [1.54, 1.807) is 7.11 Å². The number of carbonyl (C=O) groups excluding carboxylic acids is 1. The highest BCUT2D eigenvalue weighted by Gasteiger charge is 2.15. The number of benzene rings is 2. The van der Waals surface area contributed by atoms with Crippen LogP contribution in [0.5, 0.6) is 5.75 Å². The van der Waals surface area contributed by atoms with Crippen LogP contribution in [0.2, 0.25) is 0 Å². The van der Waals surface area contributed by atoms with Crippen LogP contribution in [0, 0.1) is 0 Å². The summed E-state index contributed by atoms with van der Waals surface area (Å²) in [7, 11) is 1.62. The maximum atomic E-state index is 12.1. The van der Waals surface area contributed by atoms with Gasteiger partial charge in [0.15, 0.2) is 0 Å². The van der Waals surface area contributed by atoms with Crippen LogP contribution in [-0.2, 0) is 0 Å². The van der Waals surface area contributed by atoms with Crippen LogP contribution in [0.15, 0.2) is 54.6 Å². The number of carbonyl (C=O) groups is 1. The average molecular weight is 316 g/mol. The van der Waals surface area contributed by atoms with Gasteiger partial charge in [-0.1, -0.05) is 42.5 Å². The second-order valence-electron chi connectivity index (χ2n) is 5.07. The maximum Gasteiger partial charge on any atom is 0.314 e. The molecule has 5 heteroatoms. The Labute approximate surface area is 135 Å². The van der Waals surface area contributed by atoms with Crippen molar-refractivity contribution in [1.29, 1.82) is 0 Å². The van der Waals surface area contributed by atoms with Crippen LogP contribution in [0.3, 0.4) is 0 Å². The van der Waals surface area contributed by atoms with Gasteiger partial charge in [-0.3, -0.25) is 0 Å². The highest BCUT2D eigenvalue weighted by atomic mass is 19.1. The number of alkyl halides is 1. The summed E-state index contributed by atoms with van der Waals surface area (Å²) in [6.07, 6.45) is 0. The lowest BCUT2D eigenvalue weighted by Gasteiger charge is -2.19. The van der Waals surface area contributed by atoms with Crippen LogP contribution in [0.4, 0.5) is 9.18 Å². The van der Waals surface area contributed by atoms with Gasteiger partial charge in [0.05, 0.1) is 7.11 Å². The number of nitrogens with one attached hydrogen (secondary N) is 2. The Balaban J connectivity index is 2.17. The number of hydrogen-bond acceptors (Lipinski definition) is 2. The number of hydrogen-bond donors (Lipinski definition) is 2. The second-order valence-corrected chi connectivity index (χ2v) is 5.07. The van der Waals surface area contributed by atoms with E-state index in [0.29, 0.717) is 6.54 Å². The van der Waals surface area contributed by atoms with Crippen LogP contribution in [-0.4, -0.2) is 32.9 Å². The Bertz CT molecular complexity index is 619. The molecule has 23 heavy (non-hydrogen) atoms. The molecule has 0 heterocycles. The van der Waals surface area contributed by atoms with Gasteiger partial charge in [-0.25, -0.2) is 9.18 Å². The van der Waals surface area contributed by atoms with E-state index in [0.717, 1.165) is 16.9 Å². The number of urea groups is 1. The minimum atomic E-state index is -0.578. The van der Waals surface area contributed by atoms with Gasteiger partial charge in [0, 0.05) is 19.0 Å².